The second kappa shape index (κ2) is 7.62. The number of hydrogen-bond donors (Lipinski definition) is 1. The molecule has 0 saturated heterocycles. The number of imidazole rings is 1. The average molecular weight is 377 g/mol. The molecule has 2 aromatic heterocycles. The molecule has 146 valence electrons. The Hall–Kier alpha value is -2.89. The van der Waals surface area contributed by atoms with E-state index in [1.165, 1.54) is 16.8 Å². The van der Waals surface area contributed by atoms with Crippen LogP contribution in [0.3, 0.4) is 0 Å². The molecule has 1 amide bonds. The van der Waals surface area contributed by atoms with Crippen molar-refractivity contribution in [2.24, 2.45) is 0 Å². The van der Waals surface area contributed by atoms with Crippen LogP contribution in [0.1, 0.15) is 53.5 Å². The van der Waals surface area contributed by atoms with Crippen LogP contribution in [-0.4, -0.2) is 25.2 Å². The summed E-state index contributed by atoms with van der Waals surface area (Å²) >= 11 is 0. The lowest BCUT2D eigenvalue weighted by Gasteiger charge is -2.24. The van der Waals surface area contributed by atoms with Gasteiger partial charge in [-0.1, -0.05) is 6.07 Å². The van der Waals surface area contributed by atoms with E-state index in [-0.39, 0.29) is 11.9 Å². The van der Waals surface area contributed by atoms with E-state index < -0.39 is 0 Å². The molecule has 0 aliphatic heterocycles. The maximum atomic E-state index is 12.5. The van der Waals surface area contributed by atoms with Crippen molar-refractivity contribution in [2.75, 3.05) is 0 Å². The highest BCUT2D eigenvalue weighted by atomic mass is 16.1. The number of amides is 1. The summed E-state index contributed by atoms with van der Waals surface area (Å²) in [6, 6.07) is 6.48. The van der Waals surface area contributed by atoms with Crippen molar-refractivity contribution in [3.05, 3.63) is 65.0 Å². The quantitative estimate of drug-likeness (QED) is 0.739. The van der Waals surface area contributed by atoms with Gasteiger partial charge < -0.3 is 9.88 Å². The molecule has 0 bridgehead atoms. The third-order valence-corrected chi connectivity index (χ3v) is 5.76. The maximum absolute atomic E-state index is 12.5. The van der Waals surface area contributed by atoms with Gasteiger partial charge in [-0.2, -0.15) is 5.10 Å². The molecule has 1 aliphatic rings. The number of carbonyl (C=O) groups is 1. The number of fused-ring (bicyclic) bond motifs is 1. The fraction of sp³-hybridized carbons (Fsp3) is 0.409. The lowest BCUT2D eigenvalue weighted by Crippen LogP contribution is -2.31. The Labute approximate surface area is 165 Å². The molecule has 0 saturated carbocycles. The second-order valence-corrected chi connectivity index (χ2v) is 7.66. The van der Waals surface area contributed by atoms with Gasteiger partial charge in [0.25, 0.3) is 0 Å². The van der Waals surface area contributed by atoms with Crippen molar-refractivity contribution < 1.29 is 4.79 Å². The summed E-state index contributed by atoms with van der Waals surface area (Å²) in [5.74, 6) is 1.01. The van der Waals surface area contributed by atoms with Gasteiger partial charge in [-0.3, -0.25) is 4.79 Å². The van der Waals surface area contributed by atoms with Crippen LogP contribution in [0.25, 0.3) is 5.69 Å². The minimum absolute atomic E-state index is 0.0421. The molecule has 3 aromatic rings. The number of nitrogens with one attached hydrogen (secondary N) is 1. The van der Waals surface area contributed by atoms with E-state index in [1.807, 2.05) is 28.6 Å². The Morgan fingerprint density at radius 1 is 1.25 bits per heavy atom. The number of carbonyl (C=O) groups excluding carboxylic acids is 1. The first-order valence-electron chi connectivity index (χ1n) is 9.94. The van der Waals surface area contributed by atoms with E-state index >= 15 is 0 Å². The van der Waals surface area contributed by atoms with Gasteiger partial charge in [0, 0.05) is 36.6 Å². The third-order valence-electron chi connectivity index (χ3n) is 5.76. The molecular weight excluding hydrogens is 350 g/mol. The summed E-state index contributed by atoms with van der Waals surface area (Å²) in [4.78, 5) is 16.7. The van der Waals surface area contributed by atoms with Crippen molar-refractivity contribution in [1.82, 2.24) is 24.6 Å². The Balaban J connectivity index is 1.48. The normalized spacial score (nSPS) is 16.0. The molecule has 1 N–H and O–H groups in total. The SMILES string of the molecule is Cc1ccc(-n2ncc3c2CCC[C@H]3NC(=O)CCn2ccnc2C)cc1C. The van der Waals surface area contributed by atoms with Gasteiger partial charge in [0.15, 0.2) is 0 Å². The standard InChI is InChI=1S/C22H27N5O/c1-15-7-8-18(13-16(15)2)27-21-6-4-5-20(19(21)14-24-27)25-22(28)9-11-26-12-10-23-17(26)3/h7-8,10,12-14,20H,4-6,9,11H2,1-3H3,(H,25,28)/t20-/m1/s1. The van der Waals surface area contributed by atoms with E-state index in [9.17, 15) is 4.79 Å². The van der Waals surface area contributed by atoms with Gasteiger partial charge in [-0.05, 0) is 63.3 Å². The van der Waals surface area contributed by atoms with Crippen LogP contribution in [0.5, 0.6) is 0 Å². The lowest BCUT2D eigenvalue weighted by molar-refractivity contribution is -0.122. The Kier molecular flexibility index (Phi) is 5.03. The van der Waals surface area contributed by atoms with Gasteiger partial charge in [0.1, 0.15) is 5.82 Å². The van der Waals surface area contributed by atoms with E-state index in [0.717, 1.165) is 36.3 Å². The van der Waals surface area contributed by atoms with Crippen LogP contribution in [0.4, 0.5) is 0 Å². The molecule has 2 heterocycles. The number of aryl methyl sites for hydroxylation is 4. The van der Waals surface area contributed by atoms with Crippen LogP contribution in [0.2, 0.25) is 0 Å². The summed E-state index contributed by atoms with van der Waals surface area (Å²) in [7, 11) is 0. The van der Waals surface area contributed by atoms with Gasteiger partial charge in [-0.15, -0.1) is 0 Å². The first-order valence-corrected chi connectivity index (χ1v) is 9.94. The Morgan fingerprint density at radius 3 is 2.86 bits per heavy atom. The monoisotopic (exact) mass is 377 g/mol. The van der Waals surface area contributed by atoms with Crippen molar-refractivity contribution in [3.8, 4) is 5.69 Å². The zero-order chi connectivity index (χ0) is 19.7. The number of aromatic nitrogens is 4. The minimum atomic E-state index is 0.0421. The largest absolute Gasteiger partial charge is 0.349 e. The topological polar surface area (TPSA) is 64.7 Å². The van der Waals surface area contributed by atoms with Crippen molar-refractivity contribution in [3.63, 3.8) is 0 Å². The first kappa shape index (κ1) is 18.5. The highest BCUT2D eigenvalue weighted by molar-refractivity contribution is 5.76. The van der Waals surface area contributed by atoms with Crippen LogP contribution >= 0.6 is 0 Å². The molecule has 1 atom stereocenters. The minimum Gasteiger partial charge on any atom is -0.349 e. The molecule has 0 unspecified atom stereocenters. The van der Waals surface area contributed by atoms with E-state index in [4.69, 9.17) is 0 Å². The highest BCUT2D eigenvalue weighted by Gasteiger charge is 2.26. The summed E-state index contributed by atoms with van der Waals surface area (Å²) < 4.78 is 4.04. The van der Waals surface area contributed by atoms with Gasteiger partial charge in [0.05, 0.1) is 17.9 Å². The van der Waals surface area contributed by atoms with Crippen LogP contribution in [0.15, 0.2) is 36.8 Å². The second-order valence-electron chi connectivity index (χ2n) is 7.66. The summed E-state index contributed by atoms with van der Waals surface area (Å²) in [5.41, 5.74) is 5.99. The number of benzene rings is 1. The Morgan fingerprint density at radius 2 is 2.11 bits per heavy atom. The van der Waals surface area contributed by atoms with Gasteiger partial charge >= 0.3 is 0 Å². The molecule has 0 fully saturated rings. The smallest absolute Gasteiger partial charge is 0.222 e. The average Bonchev–Trinajstić information content (AvgIpc) is 3.29. The van der Waals surface area contributed by atoms with E-state index in [2.05, 4.69) is 47.4 Å². The van der Waals surface area contributed by atoms with Crippen LogP contribution in [-0.2, 0) is 17.8 Å². The molecule has 6 nitrogen and oxygen atoms in total. The van der Waals surface area contributed by atoms with Gasteiger partial charge in [0.2, 0.25) is 5.91 Å². The molecule has 28 heavy (non-hydrogen) atoms. The first-order chi connectivity index (χ1) is 13.5. The van der Waals surface area contributed by atoms with E-state index in [1.54, 1.807) is 6.20 Å². The zero-order valence-corrected chi connectivity index (χ0v) is 16.8. The molecular formula is C22H27N5O. The molecule has 6 heteroatoms. The fourth-order valence-corrected chi connectivity index (χ4v) is 3.92. The summed E-state index contributed by atoms with van der Waals surface area (Å²) in [5, 5.41) is 7.86. The van der Waals surface area contributed by atoms with Crippen molar-refractivity contribution in [2.45, 2.75) is 59.0 Å². The molecule has 1 aromatic carbocycles. The molecule has 0 spiro atoms. The third kappa shape index (κ3) is 3.59. The lowest BCUT2D eigenvalue weighted by atomic mass is 9.92. The van der Waals surface area contributed by atoms with E-state index in [0.29, 0.717) is 13.0 Å². The number of rotatable bonds is 5. The molecule has 1 aliphatic carbocycles. The van der Waals surface area contributed by atoms with Crippen LogP contribution < -0.4 is 5.32 Å². The predicted octanol–water partition coefficient (Wildman–Crippen LogP) is 3.58. The highest BCUT2D eigenvalue weighted by Crippen LogP contribution is 2.31. The zero-order valence-electron chi connectivity index (χ0n) is 16.8. The number of hydrogen-bond acceptors (Lipinski definition) is 3. The molecule has 0 radical (unpaired) electrons. The maximum Gasteiger partial charge on any atom is 0.222 e. The summed E-state index contributed by atoms with van der Waals surface area (Å²) in [6.45, 7) is 6.85. The summed E-state index contributed by atoms with van der Waals surface area (Å²) in [6.07, 6.45) is 9.05. The van der Waals surface area contributed by atoms with Crippen LogP contribution in [0, 0.1) is 20.8 Å². The van der Waals surface area contributed by atoms with Crippen molar-refractivity contribution in [1.29, 1.82) is 0 Å². The fourth-order valence-electron chi connectivity index (χ4n) is 3.92. The molecule has 4 rings (SSSR count). The van der Waals surface area contributed by atoms with Crippen molar-refractivity contribution >= 4 is 5.91 Å². The van der Waals surface area contributed by atoms with Gasteiger partial charge in [-0.25, -0.2) is 9.67 Å². The Bertz CT molecular complexity index is 1000. The number of nitrogens with zero attached hydrogens (tertiary/aromatic N) is 4. The predicted molar refractivity (Wildman–Crippen MR) is 108 cm³/mol.